The number of carbonyl (C=O) groups excluding carboxylic acids is 2. The first-order chi connectivity index (χ1) is 20.9. The highest BCUT2D eigenvalue weighted by molar-refractivity contribution is 6.02. The molecule has 5 nitrogen and oxygen atoms in total. The van der Waals surface area contributed by atoms with Crippen LogP contribution in [-0.4, -0.2) is 21.9 Å². The van der Waals surface area contributed by atoms with E-state index in [1.165, 1.54) is 102 Å². The number of phenols is 2. The molecule has 0 aromatic heterocycles. The molecule has 1 aromatic rings. The molecule has 0 radical (unpaired) electrons. The molecule has 1 amide bonds. The van der Waals surface area contributed by atoms with Gasteiger partial charge in [0.25, 0.3) is 0 Å². The molecule has 0 aliphatic rings. The second kappa shape index (κ2) is 26.4. The van der Waals surface area contributed by atoms with Gasteiger partial charge in [0.05, 0.1) is 11.3 Å². The second-order valence-electron chi connectivity index (χ2n) is 12.9. The maximum atomic E-state index is 13.5. The predicted octanol–water partition coefficient (Wildman–Crippen LogP) is 12.0. The fourth-order valence-corrected chi connectivity index (χ4v) is 6.01. The molecule has 0 heterocycles. The first kappa shape index (κ1) is 39.0. The van der Waals surface area contributed by atoms with E-state index in [2.05, 4.69) is 26.1 Å². The molecule has 0 spiro atoms. The normalized spacial score (nSPS) is 12.0. The molecule has 0 fully saturated rings. The number of hydrogen-bond donors (Lipinski definition) is 3. The molecule has 0 saturated heterocycles. The van der Waals surface area contributed by atoms with E-state index in [9.17, 15) is 19.8 Å². The average Bonchev–Trinajstić information content (AvgIpc) is 2.99. The minimum atomic E-state index is -0.172. The fraction of sp³-hybridized carbons (Fsp3) is 0.789. The number of rotatable bonds is 29. The maximum absolute atomic E-state index is 13.5. The Morgan fingerprint density at radius 1 is 0.558 bits per heavy atom. The molecule has 3 N–H and O–H groups in total. The molecule has 1 aromatic carbocycles. The Balaban J connectivity index is 2.46. The van der Waals surface area contributed by atoms with Crippen LogP contribution in [-0.2, 0) is 4.79 Å². The van der Waals surface area contributed by atoms with Crippen molar-refractivity contribution in [1.82, 2.24) is 0 Å². The number of phenolic OH excluding ortho intramolecular Hbond substituents is 2. The molecule has 0 aliphatic heterocycles. The van der Waals surface area contributed by atoms with Gasteiger partial charge in [0.1, 0.15) is 11.5 Å². The van der Waals surface area contributed by atoms with E-state index in [0.29, 0.717) is 6.42 Å². The van der Waals surface area contributed by atoms with Crippen LogP contribution in [0.2, 0.25) is 0 Å². The van der Waals surface area contributed by atoms with Crippen molar-refractivity contribution in [3.8, 4) is 11.5 Å². The minimum Gasteiger partial charge on any atom is -0.507 e. The van der Waals surface area contributed by atoms with Crippen molar-refractivity contribution in [2.75, 3.05) is 5.32 Å². The molecule has 5 heteroatoms. The highest BCUT2D eigenvalue weighted by Gasteiger charge is 2.24. The lowest BCUT2D eigenvalue weighted by Crippen LogP contribution is -2.16. The van der Waals surface area contributed by atoms with Gasteiger partial charge >= 0.3 is 0 Å². The summed E-state index contributed by atoms with van der Waals surface area (Å²) in [5.74, 6) is -0.745. The van der Waals surface area contributed by atoms with Gasteiger partial charge in [-0.2, -0.15) is 0 Å². The molecule has 0 saturated carbocycles. The molecule has 43 heavy (non-hydrogen) atoms. The van der Waals surface area contributed by atoms with Crippen LogP contribution in [0.4, 0.5) is 5.69 Å². The number of ketones is 1. The average molecular weight is 602 g/mol. The molecular formula is C38H67NO4. The monoisotopic (exact) mass is 602 g/mol. The summed E-state index contributed by atoms with van der Waals surface area (Å²) in [7, 11) is 0. The van der Waals surface area contributed by atoms with Crippen molar-refractivity contribution < 1.29 is 19.8 Å². The van der Waals surface area contributed by atoms with Crippen molar-refractivity contribution in [3.63, 3.8) is 0 Å². The van der Waals surface area contributed by atoms with Gasteiger partial charge in [0.15, 0.2) is 5.78 Å². The van der Waals surface area contributed by atoms with Crippen LogP contribution in [0.1, 0.15) is 198 Å². The number of Topliss-reactive ketones (excluding diaryl/α,β-unsaturated/α-hetero) is 1. The zero-order valence-corrected chi connectivity index (χ0v) is 28.3. The summed E-state index contributed by atoms with van der Waals surface area (Å²) < 4.78 is 0. The van der Waals surface area contributed by atoms with Crippen molar-refractivity contribution in [2.45, 2.75) is 188 Å². The minimum absolute atomic E-state index is 0.0947. The topological polar surface area (TPSA) is 86.6 Å². The van der Waals surface area contributed by atoms with Gasteiger partial charge in [0, 0.05) is 18.4 Å². The van der Waals surface area contributed by atoms with Crippen LogP contribution in [0.25, 0.3) is 0 Å². The van der Waals surface area contributed by atoms with Crippen LogP contribution < -0.4 is 5.32 Å². The van der Waals surface area contributed by atoms with Crippen molar-refractivity contribution in [3.05, 3.63) is 17.7 Å². The van der Waals surface area contributed by atoms with E-state index in [4.69, 9.17) is 0 Å². The first-order valence-corrected chi connectivity index (χ1v) is 18.3. The van der Waals surface area contributed by atoms with Crippen LogP contribution in [0, 0.1) is 5.92 Å². The number of anilines is 1. The number of unbranched alkanes of at least 4 members (excludes halogenated alkanes) is 20. The van der Waals surface area contributed by atoms with Crippen LogP contribution in [0.5, 0.6) is 11.5 Å². The van der Waals surface area contributed by atoms with Gasteiger partial charge in [-0.1, -0.05) is 162 Å². The zero-order valence-electron chi connectivity index (χ0n) is 28.3. The summed E-state index contributed by atoms with van der Waals surface area (Å²) >= 11 is 0. The van der Waals surface area contributed by atoms with Gasteiger partial charge in [0.2, 0.25) is 5.91 Å². The molecule has 248 valence electrons. The van der Waals surface area contributed by atoms with Gasteiger partial charge in [-0.25, -0.2) is 0 Å². The smallest absolute Gasteiger partial charge is 0.224 e. The summed E-state index contributed by atoms with van der Waals surface area (Å²) in [6, 6.07) is 2.68. The largest absolute Gasteiger partial charge is 0.507 e. The summed E-state index contributed by atoms with van der Waals surface area (Å²) in [5, 5.41) is 24.1. The van der Waals surface area contributed by atoms with Gasteiger partial charge < -0.3 is 15.5 Å². The highest BCUT2D eigenvalue weighted by atomic mass is 16.3. The third-order valence-corrected chi connectivity index (χ3v) is 8.84. The van der Waals surface area contributed by atoms with Gasteiger partial charge in [-0.3, -0.25) is 9.59 Å². The number of hydrogen-bond acceptors (Lipinski definition) is 4. The molecule has 1 unspecified atom stereocenters. The van der Waals surface area contributed by atoms with E-state index < -0.39 is 0 Å². The SMILES string of the molecule is CCCCCCCCCCCCCCCC(=O)Nc1cc(O)c(C(=O)C(CCCCCC)CCCCCCCC)cc1O. The third kappa shape index (κ3) is 19.1. The first-order valence-electron chi connectivity index (χ1n) is 18.3. The maximum Gasteiger partial charge on any atom is 0.224 e. The number of amides is 1. The standard InChI is InChI=1S/C38H67NO4/c1-4-7-10-13-15-16-17-18-19-20-21-23-26-29-37(42)39-34-31-35(40)33(30-36(34)41)38(43)32(27-24-12-9-6-3)28-25-22-14-11-8-5-2/h30-32,40-41H,4-29H2,1-3H3,(H,39,42). The van der Waals surface area contributed by atoms with Gasteiger partial charge in [-0.15, -0.1) is 0 Å². The number of carbonyl (C=O) groups is 2. The van der Waals surface area contributed by atoms with E-state index in [1.807, 2.05) is 0 Å². The van der Waals surface area contributed by atoms with E-state index in [1.54, 1.807) is 0 Å². The van der Waals surface area contributed by atoms with Crippen molar-refractivity contribution in [1.29, 1.82) is 0 Å². The van der Waals surface area contributed by atoms with E-state index in [0.717, 1.165) is 70.6 Å². The van der Waals surface area contributed by atoms with Crippen LogP contribution in [0.15, 0.2) is 12.1 Å². The van der Waals surface area contributed by atoms with Crippen LogP contribution >= 0.6 is 0 Å². The Morgan fingerprint density at radius 3 is 1.42 bits per heavy atom. The summed E-state index contributed by atoms with van der Waals surface area (Å²) in [6.45, 7) is 6.65. The predicted molar refractivity (Wildman–Crippen MR) is 183 cm³/mol. The Bertz CT molecular complexity index is 853. The third-order valence-electron chi connectivity index (χ3n) is 8.84. The summed E-state index contributed by atoms with van der Waals surface area (Å²) in [5.41, 5.74) is 0.336. The van der Waals surface area contributed by atoms with Crippen LogP contribution in [0.3, 0.4) is 0 Å². The zero-order chi connectivity index (χ0) is 31.5. The Labute approximate surface area is 265 Å². The molecular weight excluding hydrogens is 534 g/mol. The summed E-state index contributed by atoms with van der Waals surface area (Å²) in [6.07, 6.45) is 29.8. The number of aromatic hydroxyl groups is 2. The van der Waals surface area contributed by atoms with Crippen molar-refractivity contribution >= 4 is 17.4 Å². The molecule has 0 aliphatic carbocycles. The molecule has 1 rings (SSSR count). The lowest BCUT2D eigenvalue weighted by molar-refractivity contribution is -0.116. The highest BCUT2D eigenvalue weighted by Crippen LogP contribution is 2.35. The van der Waals surface area contributed by atoms with E-state index in [-0.39, 0.29) is 40.4 Å². The quantitative estimate of drug-likeness (QED) is 0.0369. The summed E-state index contributed by atoms with van der Waals surface area (Å²) in [4.78, 5) is 26.0. The molecule has 0 bridgehead atoms. The lowest BCUT2D eigenvalue weighted by atomic mass is 9.87. The van der Waals surface area contributed by atoms with Crippen molar-refractivity contribution in [2.24, 2.45) is 5.92 Å². The Kier molecular flexibility index (Phi) is 23.9. The molecule has 1 atom stereocenters. The Morgan fingerprint density at radius 2 is 0.953 bits per heavy atom. The fourth-order valence-electron chi connectivity index (χ4n) is 6.01. The lowest BCUT2D eigenvalue weighted by Gasteiger charge is -2.18. The Hall–Kier alpha value is -2.04. The number of benzene rings is 1. The van der Waals surface area contributed by atoms with Gasteiger partial charge in [-0.05, 0) is 25.3 Å². The van der Waals surface area contributed by atoms with E-state index >= 15 is 0 Å². The second-order valence-corrected chi connectivity index (χ2v) is 12.9. The number of nitrogens with one attached hydrogen (secondary N) is 1.